The fourth-order valence-corrected chi connectivity index (χ4v) is 3.88. The summed E-state index contributed by atoms with van der Waals surface area (Å²) in [5, 5.41) is 16.6. The number of aliphatic hydroxyl groups is 1. The number of aliphatic hydroxyl groups excluding tert-OH is 1. The predicted molar refractivity (Wildman–Crippen MR) is 94.8 cm³/mol. The van der Waals surface area contributed by atoms with E-state index < -0.39 is 6.10 Å². The van der Waals surface area contributed by atoms with E-state index >= 15 is 0 Å². The van der Waals surface area contributed by atoms with Crippen molar-refractivity contribution < 1.29 is 9.63 Å². The van der Waals surface area contributed by atoms with Crippen LogP contribution in [0.2, 0.25) is 0 Å². The molecule has 25 heavy (non-hydrogen) atoms. The van der Waals surface area contributed by atoms with Crippen LogP contribution in [-0.4, -0.2) is 38.2 Å². The Balaban J connectivity index is 1.32. The van der Waals surface area contributed by atoms with Crippen molar-refractivity contribution in [2.45, 2.75) is 25.5 Å². The molecule has 0 aromatic carbocycles. The Kier molecular flexibility index (Phi) is 4.87. The monoisotopic (exact) mass is 356 g/mol. The lowest BCUT2D eigenvalue weighted by atomic mass is 9.89. The highest BCUT2D eigenvalue weighted by atomic mass is 32.1. The zero-order chi connectivity index (χ0) is 17.1. The highest BCUT2D eigenvalue weighted by molar-refractivity contribution is 7.13. The molecular weight excluding hydrogens is 336 g/mol. The third kappa shape index (κ3) is 3.78. The molecule has 1 saturated heterocycles. The van der Waals surface area contributed by atoms with E-state index in [0.717, 1.165) is 36.5 Å². The van der Waals surface area contributed by atoms with Crippen LogP contribution in [0.3, 0.4) is 0 Å². The highest BCUT2D eigenvalue weighted by Crippen LogP contribution is 2.30. The fourth-order valence-electron chi connectivity index (χ4n) is 3.24. The minimum atomic E-state index is -0.489. The van der Waals surface area contributed by atoms with Crippen LogP contribution < -0.4 is 0 Å². The zero-order valence-corrected chi connectivity index (χ0v) is 14.6. The summed E-state index contributed by atoms with van der Waals surface area (Å²) in [6, 6.07) is 9.65. The summed E-state index contributed by atoms with van der Waals surface area (Å²) < 4.78 is 5.38. The van der Waals surface area contributed by atoms with Gasteiger partial charge in [-0.2, -0.15) is 4.98 Å². The van der Waals surface area contributed by atoms with Crippen LogP contribution in [0.15, 0.2) is 46.4 Å². The summed E-state index contributed by atoms with van der Waals surface area (Å²) in [7, 11) is 0. The zero-order valence-electron chi connectivity index (χ0n) is 13.8. The van der Waals surface area contributed by atoms with Gasteiger partial charge in [0, 0.05) is 6.20 Å². The van der Waals surface area contributed by atoms with Crippen molar-refractivity contribution in [2.24, 2.45) is 5.92 Å². The van der Waals surface area contributed by atoms with Crippen LogP contribution in [-0.2, 0) is 6.54 Å². The van der Waals surface area contributed by atoms with Crippen LogP contribution in [0.25, 0.3) is 10.7 Å². The Hall–Kier alpha value is -2.09. The van der Waals surface area contributed by atoms with E-state index in [2.05, 4.69) is 20.0 Å². The third-order valence-electron chi connectivity index (χ3n) is 4.64. The van der Waals surface area contributed by atoms with Gasteiger partial charge in [-0.05, 0) is 55.4 Å². The summed E-state index contributed by atoms with van der Waals surface area (Å²) in [4.78, 5) is 12.1. The predicted octanol–water partition coefficient (Wildman–Crippen LogP) is 3.14. The molecule has 0 spiro atoms. The van der Waals surface area contributed by atoms with Crippen LogP contribution >= 0.6 is 11.3 Å². The summed E-state index contributed by atoms with van der Waals surface area (Å²) in [6.07, 6.45) is 3.11. The number of nitrogens with zero attached hydrogens (tertiary/aromatic N) is 4. The van der Waals surface area contributed by atoms with Gasteiger partial charge in [0.15, 0.2) is 0 Å². The Morgan fingerprint density at radius 1 is 1.24 bits per heavy atom. The largest absolute Gasteiger partial charge is 0.387 e. The van der Waals surface area contributed by atoms with Crippen molar-refractivity contribution in [1.82, 2.24) is 20.0 Å². The third-order valence-corrected chi connectivity index (χ3v) is 5.50. The lowest BCUT2D eigenvalue weighted by molar-refractivity contribution is 0.0511. The molecule has 1 fully saturated rings. The molecule has 1 N–H and O–H groups in total. The van der Waals surface area contributed by atoms with E-state index in [0.29, 0.717) is 18.3 Å². The average Bonchev–Trinajstić information content (AvgIpc) is 3.34. The van der Waals surface area contributed by atoms with Gasteiger partial charge in [-0.15, -0.1) is 11.3 Å². The quantitative estimate of drug-likeness (QED) is 0.757. The van der Waals surface area contributed by atoms with Crippen molar-refractivity contribution in [3.8, 4) is 10.7 Å². The molecule has 1 unspecified atom stereocenters. The van der Waals surface area contributed by atoms with Gasteiger partial charge in [0.25, 0.3) is 0 Å². The van der Waals surface area contributed by atoms with Gasteiger partial charge < -0.3 is 9.63 Å². The van der Waals surface area contributed by atoms with Crippen LogP contribution in [0.5, 0.6) is 0 Å². The number of hydrogen-bond donors (Lipinski definition) is 1. The van der Waals surface area contributed by atoms with Gasteiger partial charge in [0.2, 0.25) is 11.7 Å². The lowest BCUT2D eigenvalue weighted by Gasteiger charge is -2.33. The maximum absolute atomic E-state index is 10.5. The minimum Gasteiger partial charge on any atom is -0.387 e. The molecule has 7 heteroatoms. The number of pyridine rings is 1. The maximum atomic E-state index is 10.5. The van der Waals surface area contributed by atoms with Crippen molar-refractivity contribution in [1.29, 1.82) is 0 Å². The van der Waals surface area contributed by atoms with Crippen LogP contribution in [0.4, 0.5) is 0 Å². The highest BCUT2D eigenvalue weighted by Gasteiger charge is 2.27. The summed E-state index contributed by atoms with van der Waals surface area (Å²) in [6.45, 7) is 2.47. The van der Waals surface area contributed by atoms with Gasteiger partial charge in [-0.3, -0.25) is 9.88 Å². The summed E-state index contributed by atoms with van der Waals surface area (Å²) in [5.41, 5.74) is 0.762. The molecule has 0 saturated carbocycles. The number of aromatic nitrogens is 3. The van der Waals surface area contributed by atoms with E-state index in [1.165, 1.54) is 0 Å². The fraction of sp³-hybridized carbons (Fsp3) is 0.389. The Labute approximate surface area is 150 Å². The Bertz CT molecular complexity index is 783. The maximum Gasteiger partial charge on any atom is 0.241 e. The molecule has 0 radical (unpaired) electrons. The second-order valence-corrected chi connectivity index (χ2v) is 7.25. The molecule has 1 atom stereocenters. The van der Waals surface area contributed by atoms with Gasteiger partial charge in [0.1, 0.15) is 0 Å². The number of piperidine rings is 1. The normalized spacial score (nSPS) is 17.6. The molecular formula is C18H20N4O2S. The SMILES string of the molecule is OC(c1ccccn1)C1CCN(Cc2nc(-c3cccs3)no2)CC1. The standard InChI is InChI=1S/C18H20N4O2S/c23-17(14-4-1-2-8-19-14)13-6-9-22(10-7-13)12-16-20-18(21-24-16)15-5-3-11-25-15/h1-5,8,11,13,17,23H,6-7,9-10,12H2. The molecule has 4 rings (SSSR count). The molecule has 130 valence electrons. The Morgan fingerprint density at radius 3 is 2.84 bits per heavy atom. The molecule has 1 aliphatic rings. The average molecular weight is 356 g/mol. The molecule has 1 aliphatic heterocycles. The topological polar surface area (TPSA) is 75.3 Å². The number of likely N-dealkylation sites (tertiary alicyclic amines) is 1. The van der Waals surface area contributed by atoms with Crippen molar-refractivity contribution in [3.63, 3.8) is 0 Å². The van der Waals surface area contributed by atoms with Crippen molar-refractivity contribution in [2.75, 3.05) is 13.1 Å². The second-order valence-electron chi connectivity index (χ2n) is 6.30. The minimum absolute atomic E-state index is 0.246. The molecule has 3 aromatic rings. The molecule has 0 aliphatic carbocycles. The van der Waals surface area contributed by atoms with E-state index in [1.54, 1.807) is 17.5 Å². The van der Waals surface area contributed by atoms with E-state index in [9.17, 15) is 5.11 Å². The van der Waals surface area contributed by atoms with E-state index in [1.807, 2.05) is 35.7 Å². The smallest absolute Gasteiger partial charge is 0.241 e. The number of thiophene rings is 1. The molecule has 6 nitrogen and oxygen atoms in total. The molecule has 3 aromatic heterocycles. The van der Waals surface area contributed by atoms with Gasteiger partial charge >= 0.3 is 0 Å². The first-order chi connectivity index (χ1) is 12.3. The van der Waals surface area contributed by atoms with Gasteiger partial charge in [-0.1, -0.05) is 17.3 Å². The number of rotatable bonds is 5. The van der Waals surface area contributed by atoms with Crippen molar-refractivity contribution in [3.05, 3.63) is 53.5 Å². The van der Waals surface area contributed by atoms with Crippen molar-refractivity contribution >= 4 is 11.3 Å². The molecule has 4 heterocycles. The molecule has 0 amide bonds. The number of hydrogen-bond acceptors (Lipinski definition) is 7. The first kappa shape index (κ1) is 16.4. The first-order valence-electron chi connectivity index (χ1n) is 8.47. The second kappa shape index (κ2) is 7.43. The van der Waals surface area contributed by atoms with E-state index in [4.69, 9.17) is 4.52 Å². The van der Waals surface area contributed by atoms with Gasteiger partial charge in [-0.25, -0.2) is 0 Å². The summed E-state index contributed by atoms with van der Waals surface area (Å²) >= 11 is 1.60. The van der Waals surface area contributed by atoms with E-state index in [-0.39, 0.29) is 5.92 Å². The van der Waals surface area contributed by atoms with Gasteiger partial charge in [0.05, 0.1) is 23.2 Å². The first-order valence-corrected chi connectivity index (χ1v) is 9.35. The Morgan fingerprint density at radius 2 is 2.12 bits per heavy atom. The van der Waals surface area contributed by atoms with Crippen LogP contribution in [0, 0.1) is 5.92 Å². The molecule has 0 bridgehead atoms. The lowest BCUT2D eigenvalue weighted by Crippen LogP contribution is -2.35. The summed E-state index contributed by atoms with van der Waals surface area (Å²) in [5.74, 6) is 1.55. The van der Waals surface area contributed by atoms with Crippen LogP contribution in [0.1, 0.15) is 30.5 Å².